The highest BCUT2D eigenvalue weighted by atomic mass is 28.3. The van der Waals surface area contributed by atoms with Crippen molar-refractivity contribution in [2.45, 2.75) is 51.8 Å². The number of ether oxygens (including phenoxy) is 1. The molecule has 3 rings (SSSR count). The molecule has 0 spiro atoms. The highest BCUT2D eigenvalue weighted by Gasteiger charge is 2.23. The lowest BCUT2D eigenvalue weighted by Crippen LogP contribution is -2.34. The van der Waals surface area contributed by atoms with Gasteiger partial charge in [0.15, 0.2) is 0 Å². The first-order chi connectivity index (χ1) is 12.5. The van der Waals surface area contributed by atoms with Crippen LogP contribution < -0.4 is 9.92 Å². The van der Waals surface area contributed by atoms with Gasteiger partial charge in [0.25, 0.3) is 0 Å². The maximum atomic E-state index is 12.2. The van der Waals surface area contributed by atoms with Crippen molar-refractivity contribution in [2.75, 3.05) is 0 Å². The zero-order chi connectivity index (χ0) is 18.5. The molecule has 0 aliphatic carbocycles. The number of halogens is 2. The van der Waals surface area contributed by atoms with Gasteiger partial charge in [-0.25, -0.2) is 0 Å². The minimum Gasteiger partial charge on any atom is -0.435 e. The lowest BCUT2D eigenvalue weighted by Gasteiger charge is -2.29. The Morgan fingerprint density at radius 3 is 1.96 bits per heavy atom. The molecule has 0 unspecified atom stereocenters. The first-order valence-corrected chi connectivity index (χ1v) is 11.9. The van der Waals surface area contributed by atoms with Crippen LogP contribution in [-0.4, -0.2) is 15.4 Å². The highest BCUT2D eigenvalue weighted by molar-refractivity contribution is 6.73. The maximum Gasteiger partial charge on any atom is 0.387 e. The van der Waals surface area contributed by atoms with Gasteiger partial charge in [0.2, 0.25) is 0 Å². The number of rotatable bonds is 6. The SMILES string of the molecule is CC(C)C[C@H]1CC[Si@H](c2ccc(-c3ccc(OC(F)F)cc3)cc2)CC1. The average molecular weight is 375 g/mol. The van der Waals surface area contributed by atoms with Crippen LogP contribution in [0.4, 0.5) is 8.78 Å². The Kier molecular flexibility index (Phi) is 6.46. The lowest BCUT2D eigenvalue weighted by atomic mass is 9.92. The molecule has 1 saturated heterocycles. The van der Waals surface area contributed by atoms with E-state index in [1.54, 1.807) is 17.3 Å². The molecule has 1 heterocycles. The van der Waals surface area contributed by atoms with Crippen molar-refractivity contribution < 1.29 is 13.5 Å². The standard InChI is InChI=1S/C22H28F2OSi/c1-16(2)15-17-11-13-26(14-12-17)21-9-5-19(6-10-21)18-3-7-20(8-4-18)25-22(23)24/h3-10,16-17,22,26H,11-15H2,1-2H3/t17-,26-. The van der Waals surface area contributed by atoms with Gasteiger partial charge < -0.3 is 4.74 Å². The van der Waals surface area contributed by atoms with Crippen molar-refractivity contribution in [1.29, 1.82) is 0 Å². The van der Waals surface area contributed by atoms with E-state index in [1.807, 2.05) is 12.1 Å². The summed E-state index contributed by atoms with van der Waals surface area (Å²) >= 11 is 0. The van der Waals surface area contributed by atoms with E-state index in [9.17, 15) is 8.78 Å². The fraction of sp³-hybridized carbons (Fsp3) is 0.455. The monoisotopic (exact) mass is 374 g/mol. The summed E-state index contributed by atoms with van der Waals surface area (Å²) in [5, 5.41) is 1.56. The van der Waals surface area contributed by atoms with Gasteiger partial charge in [-0.1, -0.05) is 80.4 Å². The molecule has 0 atom stereocenters. The Bertz CT molecular complexity index is 674. The molecule has 0 radical (unpaired) electrons. The third-order valence-corrected chi connectivity index (χ3v) is 8.83. The Morgan fingerprint density at radius 1 is 0.923 bits per heavy atom. The van der Waals surface area contributed by atoms with Gasteiger partial charge in [-0.05, 0) is 41.5 Å². The van der Waals surface area contributed by atoms with E-state index in [1.165, 1.54) is 31.4 Å². The zero-order valence-electron chi connectivity index (χ0n) is 15.6. The molecule has 140 valence electrons. The third-order valence-electron chi connectivity index (χ3n) is 5.45. The van der Waals surface area contributed by atoms with E-state index in [4.69, 9.17) is 0 Å². The summed E-state index contributed by atoms with van der Waals surface area (Å²) in [5.74, 6) is 1.95. The van der Waals surface area contributed by atoms with Crippen LogP contribution in [-0.2, 0) is 0 Å². The second-order valence-electron chi connectivity index (χ2n) is 7.87. The van der Waals surface area contributed by atoms with Gasteiger partial charge in [-0.15, -0.1) is 0 Å². The Labute approximate surface area is 157 Å². The lowest BCUT2D eigenvalue weighted by molar-refractivity contribution is -0.0498. The third kappa shape index (κ3) is 5.16. The minimum atomic E-state index is -2.78. The summed E-state index contributed by atoms with van der Waals surface area (Å²) in [6, 6.07) is 18.6. The maximum absolute atomic E-state index is 12.2. The fourth-order valence-corrected chi connectivity index (χ4v) is 7.61. The van der Waals surface area contributed by atoms with Gasteiger partial charge >= 0.3 is 6.61 Å². The number of hydrogen-bond acceptors (Lipinski definition) is 1. The van der Waals surface area contributed by atoms with Crippen LogP contribution in [0.3, 0.4) is 0 Å². The summed E-state index contributed by atoms with van der Waals surface area (Å²) in [6.45, 7) is 1.88. The van der Waals surface area contributed by atoms with Gasteiger partial charge in [0, 0.05) is 0 Å². The predicted molar refractivity (Wildman–Crippen MR) is 107 cm³/mol. The molecule has 2 aromatic carbocycles. The van der Waals surface area contributed by atoms with Crippen LogP contribution in [0.15, 0.2) is 48.5 Å². The molecule has 4 heteroatoms. The van der Waals surface area contributed by atoms with Gasteiger partial charge in [0.1, 0.15) is 5.75 Å². The number of benzene rings is 2. The Morgan fingerprint density at radius 2 is 1.46 bits per heavy atom. The Hall–Kier alpha value is -1.68. The summed E-state index contributed by atoms with van der Waals surface area (Å²) < 4.78 is 28.9. The molecule has 1 fully saturated rings. The second-order valence-corrected chi connectivity index (χ2v) is 11.1. The topological polar surface area (TPSA) is 9.23 Å². The van der Waals surface area contributed by atoms with Crippen molar-refractivity contribution in [2.24, 2.45) is 11.8 Å². The van der Waals surface area contributed by atoms with Crippen LogP contribution in [0.2, 0.25) is 12.1 Å². The molecular weight excluding hydrogens is 346 g/mol. The van der Waals surface area contributed by atoms with Crippen LogP contribution in [0.25, 0.3) is 11.1 Å². The van der Waals surface area contributed by atoms with Crippen LogP contribution in [0.5, 0.6) is 5.75 Å². The molecular formula is C22H28F2OSi. The van der Waals surface area contributed by atoms with E-state index >= 15 is 0 Å². The smallest absolute Gasteiger partial charge is 0.387 e. The van der Waals surface area contributed by atoms with Crippen molar-refractivity contribution in [3.63, 3.8) is 0 Å². The first-order valence-electron chi connectivity index (χ1n) is 9.66. The van der Waals surface area contributed by atoms with E-state index in [-0.39, 0.29) is 5.75 Å². The molecule has 0 amide bonds. The van der Waals surface area contributed by atoms with E-state index < -0.39 is 15.4 Å². The van der Waals surface area contributed by atoms with Crippen molar-refractivity contribution in [3.05, 3.63) is 48.5 Å². The summed E-state index contributed by atoms with van der Waals surface area (Å²) in [4.78, 5) is 0. The normalized spacial score (nSPS) is 20.5. The molecule has 0 bridgehead atoms. The molecule has 0 saturated carbocycles. The molecule has 26 heavy (non-hydrogen) atoms. The largest absolute Gasteiger partial charge is 0.435 e. The van der Waals surface area contributed by atoms with Crippen molar-refractivity contribution in [3.8, 4) is 16.9 Å². The fourth-order valence-electron chi connectivity index (χ4n) is 4.17. The predicted octanol–water partition coefficient (Wildman–Crippen LogP) is 5.85. The minimum absolute atomic E-state index is 0.200. The molecule has 0 N–H and O–H groups in total. The van der Waals surface area contributed by atoms with E-state index in [0.717, 1.165) is 23.0 Å². The summed E-state index contributed by atoms with van der Waals surface area (Å²) in [7, 11) is -0.811. The van der Waals surface area contributed by atoms with E-state index in [0.29, 0.717) is 0 Å². The van der Waals surface area contributed by atoms with Gasteiger partial charge in [0.05, 0.1) is 8.80 Å². The first kappa shape index (κ1) is 19.1. The molecule has 2 aromatic rings. The molecule has 1 aliphatic heterocycles. The zero-order valence-corrected chi connectivity index (χ0v) is 16.8. The number of alkyl halides is 2. The van der Waals surface area contributed by atoms with Gasteiger partial charge in [-0.2, -0.15) is 8.78 Å². The summed E-state index contributed by atoms with van der Waals surface area (Å²) in [6.07, 6.45) is 4.19. The Balaban J connectivity index is 1.60. The quantitative estimate of drug-likeness (QED) is 0.577. The van der Waals surface area contributed by atoms with Crippen LogP contribution >= 0.6 is 0 Å². The highest BCUT2D eigenvalue weighted by Crippen LogP contribution is 2.30. The van der Waals surface area contributed by atoms with Crippen molar-refractivity contribution >= 4 is 14.0 Å². The van der Waals surface area contributed by atoms with Crippen LogP contribution in [0.1, 0.15) is 33.1 Å². The summed E-state index contributed by atoms with van der Waals surface area (Å²) in [5.41, 5.74) is 2.15. The molecule has 0 aromatic heterocycles. The second kappa shape index (κ2) is 8.80. The average Bonchev–Trinajstić information content (AvgIpc) is 2.62. The van der Waals surface area contributed by atoms with E-state index in [2.05, 4.69) is 42.8 Å². The van der Waals surface area contributed by atoms with Crippen LogP contribution in [0, 0.1) is 11.8 Å². The number of hydrogen-bond donors (Lipinski definition) is 0. The molecule has 1 aliphatic rings. The van der Waals surface area contributed by atoms with Crippen molar-refractivity contribution in [1.82, 2.24) is 0 Å². The van der Waals surface area contributed by atoms with Gasteiger partial charge in [-0.3, -0.25) is 0 Å². The molecule has 1 nitrogen and oxygen atoms in total.